The number of rotatable bonds is 5. The van der Waals surface area contributed by atoms with Crippen molar-refractivity contribution in [2.75, 3.05) is 19.4 Å². The second-order valence-electron chi connectivity index (χ2n) is 5.03. The van der Waals surface area contributed by atoms with Crippen molar-refractivity contribution in [3.8, 4) is 0 Å². The summed E-state index contributed by atoms with van der Waals surface area (Å²) in [7, 11) is 3.29. The highest BCUT2D eigenvalue weighted by Crippen LogP contribution is 2.05. The van der Waals surface area contributed by atoms with E-state index in [4.69, 9.17) is 0 Å². The van der Waals surface area contributed by atoms with E-state index in [9.17, 15) is 9.59 Å². The molecule has 2 amide bonds. The van der Waals surface area contributed by atoms with E-state index in [0.717, 1.165) is 0 Å². The molecular formula is C13H21N5O2. The van der Waals surface area contributed by atoms with E-state index in [2.05, 4.69) is 20.8 Å². The topological polar surface area (TPSA) is 87.2 Å². The quantitative estimate of drug-likeness (QED) is 0.819. The minimum absolute atomic E-state index is 0.0814. The van der Waals surface area contributed by atoms with Crippen molar-refractivity contribution >= 4 is 17.6 Å². The summed E-state index contributed by atoms with van der Waals surface area (Å²) in [5.41, 5.74) is 0.264. The van der Waals surface area contributed by atoms with Crippen LogP contribution in [0, 0.1) is 0 Å². The Morgan fingerprint density at radius 3 is 2.25 bits per heavy atom. The Morgan fingerprint density at radius 1 is 1.15 bits per heavy atom. The van der Waals surface area contributed by atoms with E-state index >= 15 is 0 Å². The smallest absolute Gasteiger partial charge is 0.273 e. The zero-order valence-electron chi connectivity index (χ0n) is 12.5. The second kappa shape index (κ2) is 6.83. The number of hydrogen-bond donors (Lipinski definition) is 2. The zero-order chi connectivity index (χ0) is 15.3. The molecule has 0 saturated heterocycles. The van der Waals surface area contributed by atoms with Gasteiger partial charge in [0.2, 0.25) is 5.91 Å². The molecule has 20 heavy (non-hydrogen) atoms. The molecule has 7 nitrogen and oxygen atoms in total. The molecule has 0 radical (unpaired) electrons. The first-order valence-corrected chi connectivity index (χ1v) is 6.43. The number of nitrogens with one attached hydrogen (secondary N) is 2. The van der Waals surface area contributed by atoms with Gasteiger partial charge in [0.15, 0.2) is 5.69 Å². The van der Waals surface area contributed by atoms with Crippen LogP contribution in [0.5, 0.6) is 0 Å². The molecule has 0 bridgehead atoms. The van der Waals surface area contributed by atoms with Crippen LogP contribution < -0.4 is 10.6 Å². The first-order valence-electron chi connectivity index (χ1n) is 6.43. The van der Waals surface area contributed by atoms with Gasteiger partial charge >= 0.3 is 0 Å². The molecule has 0 saturated carbocycles. The molecular weight excluding hydrogens is 258 g/mol. The maximum Gasteiger partial charge on any atom is 0.273 e. The van der Waals surface area contributed by atoms with Crippen LogP contribution in [0.25, 0.3) is 0 Å². The lowest BCUT2D eigenvalue weighted by atomic mass is 10.2. The summed E-state index contributed by atoms with van der Waals surface area (Å²) in [6.45, 7) is 5.52. The van der Waals surface area contributed by atoms with Crippen LogP contribution in [-0.4, -0.2) is 53.1 Å². The van der Waals surface area contributed by atoms with Crippen LogP contribution in [0.1, 0.15) is 31.3 Å². The molecule has 7 heteroatoms. The first-order chi connectivity index (χ1) is 9.31. The van der Waals surface area contributed by atoms with Gasteiger partial charge in [-0.05, 0) is 32.9 Å². The third-order valence-corrected chi connectivity index (χ3v) is 2.48. The molecule has 2 N–H and O–H groups in total. The van der Waals surface area contributed by atoms with Crippen LogP contribution in [0.3, 0.4) is 0 Å². The van der Waals surface area contributed by atoms with Crippen molar-refractivity contribution in [3.63, 3.8) is 0 Å². The zero-order valence-corrected chi connectivity index (χ0v) is 12.5. The van der Waals surface area contributed by atoms with Crippen molar-refractivity contribution in [3.05, 3.63) is 17.8 Å². The fourth-order valence-electron chi connectivity index (χ4n) is 1.45. The normalized spacial score (nSPS) is 11.9. The number of hydrogen-bond acceptors (Lipinski definition) is 5. The molecule has 0 aliphatic heterocycles. The van der Waals surface area contributed by atoms with Crippen LogP contribution in [0.15, 0.2) is 12.1 Å². The van der Waals surface area contributed by atoms with Crippen LogP contribution in [-0.2, 0) is 4.79 Å². The molecule has 1 aromatic heterocycles. The van der Waals surface area contributed by atoms with Gasteiger partial charge in [-0.25, -0.2) is 0 Å². The summed E-state index contributed by atoms with van der Waals surface area (Å²) in [5, 5.41) is 13.5. The molecule has 1 aromatic rings. The summed E-state index contributed by atoms with van der Waals surface area (Å²) in [6, 6.07) is 2.85. The van der Waals surface area contributed by atoms with Gasteiger partial charge in [0, 0.05) is 20.1 Å². The van der Waals surface area contributed by atoms with Gasteiger partial charge < -0.3 is 15.5 Å². The van der Waals surface area contributed by atoms with E-state index in [1.807, 2.05) is 13.8 Å². The van der Waals surface area contributed by atoms with E-state index in [0.29, 0.717) is 5.82 Å². The lowest BCUT2D eigenvalue weighted by Crippen LogP contribution is -2.41. The highest BCUT2D eigenvalue weighted by molar-refractivity contribution is 5.91. The lowest BCUT2D eigenvalue weighted by Gasteiger charge is -2.16. The third kappa shape index (κ3) is 4.49. The Labute approximate surface area is 118 Å². The predicted octanol–water partition coefficient (Wildman–Crippen LogP) is 0.503. The highest BCUT2D eigenvalue weighted by atomic mass is 16.2. The molecule has 0 spiro atoms. The van der Waals surface area contributed by atoms with Gasteiger partial charge in [-0.2, -0.15) is 0 Å². The highest BCUT2D eigenvalue weighted by Gasteiger charge is 2.15. The first kappa shape index (κ1) is 15.9. The van der Waals surface area contributed by atoms with Gasteiger partial charge in [0.05, 0.1) is 0 Å². The van der Waals surface area contributed by atoms with Gasteiger partial charge in [0.25, 0.3) is 5.91 Å². The van der Waals surface area contributed by atoms with E-state index < -0.39 is 6.04 Å². The van der Waals surface area contributed by atoms with Crippen LogP contribution >= 0.6 is 0 Å². The number of amides is 2. The molecule has 0 aliphatic rings. The van der Waals surface area contributed by atoms with Crippen LogP contribution in [0.4, 0.5) is 5.82 Å². The number of anilines is 1. The lowest BCUT2D eigenvalue weighted by molar-refractivity contribution is -0.122. The largest absolute Gasteiger partial charge is 0.357 e. The fourth-order valence-corrected chi connectivity index (χ4v) is 1.45. The summed E-state index contributed by atoms with van der Waals surface area (Å²) < 4.78 is 0. The van der Waals surface area contributed by atoms with Gasteiger partial charge in [0.1, 0.15) is 11.9 Å². The summed E-state index contributed by atoms with van der Waals surface area (Å²) in [4.78, 5) is 24.8. The average Bonchev–Trinajstić information content (AvgIpc) is 2.37. The maximum atomic E-state index is 11.7. The molecule has 110 valence electrons. The van der Waals surface area contributed by atoms with Crippen LogP contribution in [0.2, 0.25) is 0 Å². The Morgan fingerprint density at radius 2 is 1.80 bits per heavy atom. The van der Waals surface area contributed by atoms with Crippen molar-refractivity contribution in [2.24, 2.45) is 0 Å². The monoisotopic (exact) mass is 279 g/mol. The van der Waals surface area contributed by atoms with E-state index in [1.165, 1.54) is 4.90 Å². The molecule has 1 rings (SSSR count). The van der Waals surface area contributed by atoms with Gasteiger partial charge in [-0.15, -0.1) is 10.2 Å². The summed E-state index contributed by atoms with van der Waals surface area (Å²) in [5.74, 6) is 0.122. The minimum atomic E-state index is -0.429. The van der Waals surface area contributed by atoms with Gasteiger partial charge in [-0.1, -0.05) is 0 Å². The maximum absolute atomic E-state index is 11.7. The van der Waals surface area contributed by atoms with E-state index in [-0.39, 0.29) is 23.6 Å². The van der Waals surface area contributed by atoms with Crippen molar-refractivity contribution in [1.82, 2.24) is 20.4 Å². The van der Waals surface area contributed by atoms with Gasteiger partial charge in [-0.3, -0.25) is 9.59 Å². The number of carbonyl (C=O) groups is 2. The molecule has 0 aliphatic carbocycles. The fraction of sp³-hybridized carbons (Fsp3) is 0.538. The Bertz CT molecular complexity index is 470. The predicted molar refractivity (Wildman–Crippen MR) is 76.4 cm³/mol. The number of carbonyl (C=O) groups excluding carboxylic acids is 2. The SMILES string of the molecule is CC(C)NC(=O)C(C)Nc1ccc(C(=O)N(C)C)nn1. The Balaban J connectivity index is 2.66. The molecule has 0 aromatic carbocycles. The van der Waals surface area contributed by atoms with Crippen molar-refractivity contribution in [2.45, 2.75) is 32.9 Å². The van der Waals surface area contributed by atoms with Crippen molar-refractivity contribution < 1.29 is 9.59 Å². The summed E-state index contributed by atoms with van der Waals surface area (Å²) in [6.07, 6.45) is 0. The molecule has 1 unspecified atom stereocenters. The number of nitrogens with zero attached hydrogens (tertiary/aromatic N) is 3. The van der Waals surface area contributed by atoms with E-state index in [1.54, 1.807) is 33.2 Å². The Hall–Kier alpha value is -2.18. The standard InChI is InChI=1S/C13H21N5O2/c1-8(2)14-12(19)9(3)15-11-7-6-10(16-17-11)13(20)18(4)5/h6-9H,1-5H3,(H,14,19)(H,15,17). The Kier molecular flexibility index (Phi) is 5.42. The summed E-state index contributed by atoms with van der Waals surface area (Å²) >= 11 is 0. The third-order valence-electron chi connectivity index (χ3n) is 2.48. The number of aromatic nitrogens is 2. The molecule has 0 fully saturated rings. The molecule has 1 atom stereocenters. The minimum Gasteiger partial charge on any atom is -0.357 e. The molecule has 1 heterocycles. The van der Waals surface area contributed by atoms with Crippen molar-refractivity contribution in [1.29, 1.82) is 0 Å². The average molecular weight is 279 g/mol. The second-order valence-corrected chi connectivity index (χ2v) is 5.03.